The van der Waals surface area contributed by atoms with Gasteiger partial charge in [0.05, 0.1) is 18.8 Å². The lowest BCUT2D eigenvalue weighted by molar-refractivity contribution is 0.199. The highest BCUT2D eigenvalue weighted by molar-refractivity contribution is 7.98. The second kappa shape index (κ2) is 8.62. The highest BCUT2D eigenvalue weighted by Crippen LogP contribution is 2.18. The molecule has 0 spiro atoms. The molecule has 2 aromatic heterocycles. The van der Waals surface area contributed by atoms with Gasteiger partial charge in [0, 0.05) is 32.1 Å². The van der Waals surface area contributed by atoms with Gasteiger partial charge in [0.2, 0.25) is 5.16 Å². The lowest BCUT2D eigenvalue weighted by Crippen LogP contribution is -2.24. The third-order valence-electron chi connectivity index (χ3n) is 2.56. The number of ether oxygens (including phenoxy) is 1. The number of hydrogen-bond donors (Lipinski definition) is 1. The van der Waals surface area contributed by atoms with Crippen molar-refractivity contribution in [3.8, 4) is 0 Å². The maximum absolute atomic E-state index is 4.97. The predicted octanol–water partition coefficient (Wildman–Crippen LogP) is 0.596. The first-order valence-electron chi connectivity index (χ1n) is 6.38. The third kappa shape index (κ3) is 4.87. The van der Waals surface area contributed by atoms with Gasteiger partial charge in [-0.3, -0.25) is 4.98 Å². The summed E-state index contributed by atoms with van der Waals surface area (Å²) in [6.07, 6.45) is 1.79. The molecule has 108 valence electrons. The van der Waals surface area contributed by atoms with Crippen LogP contribution in [0.2, 0.25) is 0 Å². The fourth-order valence-electron chi connectivity index (χ4n) is 1.55. The minimum absolute atomic E-state index is 0.705. The largest absolute Gasteiger partial charge is 0.383 e. The monoisotopic (exact) mass is 294 g/mol. The van der Waals surface area contributed by atoms with Crippen molar-refractivity contribution in [2.45, 2.75) is 17.5 Å². The van der Waals surface area contributed by atoms with Crippen LogP contribution in [0.1, 0.15) is 5.69 Å². The van der Waals surface area contributed by atoms with Crippen molar-refractivity contribution in [3.63, 3.8) is 0 Å². The van der Waals surface area contributed by atoms with Gasteiger partial charge in [-0.1, -0.05) is 17.8 Å². The van der Waals surface area contributed by atoms with E-state index in [2.05, 4.69) is 25.8 Å². The third-order valence-corrected chi connectivity index (χ3v) is 3.55. The molecule has 0 unspecified atom stereocenters. The van der Waals surface area contributed by atoms with E-state index in [1.165, 1.54) is 0 Å². The summed E-state index contributed by atoms with van der Waals surface area (Å²) in [7, 11) is 1.69. The molecule has 0 saturated carbocycles. The molecule has 0 aliphatic rings. The molecule has 8 heteroatoms. The molecule has 0 aromatic carbocycles. The van der Waals surface area contributed by atoms with Crippen LogP contribution in [0.5, 0.6) is 0 Å². The van der Waals surface area contributed by atoms with Crippen LogP contribution in [0.25, 0.3) is 0 Å². The normalized spacial score (nSPS) is 10.8. The van der Waals surface area contributed by atoms with Gasteiger partial charge in [-0.2, -0.15) is 0 Å². The molecule has 0 saturated heterocycles. The molecule has 20 heavy (non-hydrogen) atoms. The Hall–Kier alpha value is -1.51. The topological polar surface area (TPSA) is 77.8 Å². The number of nitrogens with zero attached hydrogens (tertiary/aromatic N) is 5. The van der Waals surface area contributed by atoms with Crippen molar-refractivity contribution in [1.29, 1.82) is 0 Å². The minimum Gasteiger partial charge on any atom is -0.383 e. The number of thioether (sulfide) groups is 1. The summed E-state index contributed by atoms with van der Waals surface area (Å²) >= 11 is 1.59. The van der Waals surface area contributed by atoms with E-state index in [1.54, 1.807) is 29.8 Å². The number of methoxy groups -OCH3 is 1. The zero-order valence-electron chi connectivity index (χ0n) is 11.4. The van der Waals surface area contributed by atoms with Gasteiger partial charge in [0.25, 0.3) is 0 Å². The Labute approximate surface area is 122 Å². The molecule has 1 N–H and O–H groups in total. The first-order valence-corrected chi connectivity index (χ1v) is 7.37. The quantitative estimate of drug-likeness (QED) is 0.536. The van der Waals surface area contributed by atoms with Crippen LogP contribution in [0, 0.1) is 0 Å². The van der Waals surface area contributed by atoms with Gasteiger partial charge in [-0.25, -0.2) is 4.68 Å². The number of tetrazole rings is 1. The van der Waals surface area contributed by atoms with Crippen molar-refractivity contribution >= 4 is 11.8 Å². The summed E-state index contributed by atoms with van der Waals surface area (Å²) in [6.45, 7) is 3.08. The molecule has 0 aliphatic carbocycles. The molecule has 0 amide bonds. The van der Waals surface area contributed by atoms with Crippen molar-refractivity contribution in [3.05, 3.63) is 30.1 Å². The van der Waals surface area contributed by atoms with Crippen molar-refractivity contribution in [1.82, 2.24) is 30.5 Å². The highest BCUT2D eigenvalue weighted by atomic mass is 32.2. The van der Waals surface area contributed by atoms with Gasteiger partial charge < -0.3 is 10.1 Å². The average Bonchev–Trinajstić information content (AvgIpc) is 2.93. The Bertz CT molecular complexity index is 492. The number of rotatable bonds is 9. The van der Waals surface area contributed by atoms with E-state index in [9.17, 15) is 0 Å². The Morgan fingerprint density at radius 3 is 3.10 bits per heavy atom. The number of hydrogen-bond acceptors (Lipinski definition) is 7. The standard InChI is InChI=1S/C12H18N6OS/c1-19-9-7-13-6-8-18-12(15-16-17-18)20-10-11-4-2-3-5-14-11/h2-5,13H,6-10H2,1H3. The fourth-order valence-corrected chi connectivity index (χ4v) is 2.37. The molecule has 2 rings (SSSR count). The first-order chi connectivity index (χ1) is 9.90. The number of aromatic nitrogens is 5. The molecule has 0 fully saturated rings. The van der Waals surface area contributed by atoms with E-state index < -0.39 is 0 Å². The summed E-state index contributed by atoms with van der Waals surface area (Å²) in [5.41, 5.74) is 1.02. The van der Waals surface area contributed by atoms with E-state index in [1.807, 2.05) is 18.2 Å². The Morgan fingerprint density at radius 1 is 1.35 bits per heavy atom. The van der Waals surface area contributed by atoms with Crippen LogP contribution in [0.3, 0.4) is 0 Å². The second-order valence-electron chi connectivity index (χ2n) is 4.04. The first kappa shape index (κ1) is 14.9. The smallest absolute Gasteiger partial charge is 0.209 e. The van der Waals surface area contributed by atoms with E-state index in [4.69, 9.17) is 4.74 Å². The van der Waals surface area contributed by atoms with Gasteiger partial charge in [0.15, 0.2) is 0 Å². The van der Waals surface area contributed by atoms with Gasteiger partial charge in [0.1, 0.15) is 0 Å². The number of pyridine rings is 1. The van der Waals surface area contributed by atoms with Gasteiger partial charge >= 0.3 is 0 Å². The molecular formula is C12H18N6OS. The lowest BCUT2D eigenvalue weighted by Gasteiger charge is -2.05. The summed E-state index contributed by atoms with van der Waals surface area (Å²) in [5.74, 6) is 0.762. The van der Waals surface area contributed by atoms with E-state index >= 15 is 0 Å². The second-order valence-corrected chi connectivity index (χ2v) is 4.98. The van der Waals surface area contributed by atoms with Crippen molar-refractivity contribution in [2.24, 2.45) is 0 Å². The van der Waals surface area contributed by atoms with Crippen LogP contribution >= 0.6 is 11.8 Å². The summed E-state index contributed by atoms with van der Waals surface area (Å²) in [4.78, 5) is 4.28. The maximum Gasteiger partial charge on any atom is 0.209 e. The molecule has 0 radical (unpaired) electrons. The van der Waals surface area contributed by atoms with Gasteiger partial charge in [-0.15, -0.1) is 5.10 Å². The molecular weight excluding hydrogens is 276 g/mol. The molecule has 2 heterocycles. The van der Waals surface area contributed by atoms with Crippen LogP contribution < -0.4 is 5.32 Å². The molecule has 7 nitrogen and oxygen atoms in total. The van der Waals surface area contributed by atoms with Crippen molar-refractivity contribution in [2.75, 3.05) is 26.8 Å². The van der Waals surface area contributed by atoms with Crippen LogP contribution in [-0.2, 0) is 17.0 Å². The van der Waals surface area contributed by atoms with Crippen molar-refractivity contribution < 1.29 is 4.74 Å². The van der Waals surface area contributed by atoms with Crippen LogP contribution in [-0.4, -0.2) is 52.0 Å². The summed E-state index contributed by atoms with van der Waals surface area (Å²) in [6, 6.07) is 5.88. The zero-order valence-corrected chi connectivity index (χ0v) is 12.2. The van der Waals surface area contributed by atoms with Gasteiger partial charge in [-0.05, 0) is 22.6 Å². The highest BCUT2D eigenvalue weighted by Gasteiger charge is 2.07. The summed E-state index contributed by atoms with van der Waals surface area (Å²) < 4.78 is 6.77. The Morgan fingerprint density at radius 2 is 2.30 bits per heavy atom. The van der Waals surface area contributed by atoms with E-state index in [0.29, 0.717) is 6.61 Å². The molecule has 2 aromatic rings. The average molecular weight is 294 g/mol. The Balaban J connectivity index is 1.76. The summed E-state index contributed by atoms with van der Waals surface area (Å²) in [5, 5.41) is 15.8. The maximum atomic E-state index is 4.97. The SMILES string of the molecule is COCCNCCn1nnnc1SCc1ccccn1. The van der Waals surface area contributed by atoms with E-state index in [-0.39, 0.29) is 0 Å². The zero-order chi connectivity index (χ0) is 14.0. The van der Waals surface area contributed by atoms with E-state index in [0.717, 1.165) is 36.2 Å². The van der Waals surface area contributed by atoms with Crippen LogP contribution in [0.4, 0.5) is 0 Å². The lowest BCUT2D eigenvalue weighted by atomic mass is 10.4. The fraction of sp³-hybridized carbons (Fsp3) is 0.500. The molecule has 0 aliphatic heterocycles. The van der Waals surface area contributed by atoms with Crippen LogP contribution in [0.15, 0.2) is 29.6 Å². The molecule has 0 bridgehead atoms. The Kier molecular flexibility index (Phi) is 6.42. The minimum atomic E-state index is 0.705. The number of nitrogens with one attached hydrogen (secondary N) is 1. The molecule has 0 atom stereocenters. The predicted molar refractivity (Wildman–Crippen MR) is 76.4 cm³/mol.